The SMILES string of the molecule is Cc1nc(C)nc(-c2ccc(C#N)cc2-n2c3cc(-c4ccccc4)ccc3c3ccc(-c4ccccc4)cc32)n1. The Labute approximate surface area is 238 Å². The molecule has 194 valence electrons. The summed E-state index contributed by atoms with van der Waals surface area (Å²) in [4.78, 5) is 13.8. The molecule has 5 nitrogen and oxygen atoms in total. The van der Waals surface area contributed by atoms with Crippen LogP contribution in [0.15, 0.2) is 115 Å². The molecule has 0 N–H and O–H groups in total. The Hall–Kier alpha value is -5.60. The van der Waals surface area contributed by atoms with E-state index < -0.39 is 0 Å². The van der Waals surface area contributed by atoms with Gasteiger partial charge in [0.2, 0.25) is 0 Å². The fourth-order valence-corrected chi connectivity index (χ4v) is 5.61. The van der Waals surface area contributed by atoms with Crippen molar-refractivity contribution < 1.29 is 0 Å². The molecule has 2 aromatic heterocycles. The van der Waals surface area contributed by atoms with E-state index >= 15 is 0 Å². The van der Waals surface area contributed by atoms with Gasteiger partial charge < -0.3 is 4.57 Å². The van der Waals surface area contributed by atoms with Gasteiger partial charge in [0, 0.05) is 16.3 Å². The maximum Gasteiger partial charge on any atom is 0.165 e. The van der Waals surface area contributed by atoms with Crippen LogP contribution in [0.1, 0.15) is 17.2 Å². The number of aromatic nitrogens is 4. The molecule has 0 amide bonds. The van der Waals surface area contributed by atoms with Gasteiger partial charge in [-0.2, -0.15) is 5.26 Å². The number of fused-ring (bicyclic) bond motifs is 3. The van der Waals surface area contributed by atoms with E-state index in [1.165, 1.54) is 0 Å². The normalized spacial score (nSPS) is 11.1. The molecule has 2 heterocycles. The van der Waals surface area contributed by atoms with Crippen LogP contribution in [0.3, 0.4) is 0 Å². The van der Waals surface area contributed by atoms with Gasteiger partial charge in [-0.3, -0.25) is 0 Å². The van der Waals surface area contributed by atoms with Crippen molar-refractivity contribution in [3.8, 4) is 45.4 Å². The molecule has 5 aromatic carbocycles. The second-order valence-corrected chi connectivity index (χ2v) is 10.1. The molecular weight excluding hydrogens is 502 g/mol. The molecule has 0 unspecified atom stereocenters. The van der Waals surface area contributed by atoms with Crippen LogP contribution in [0.4, 0.5) is 0 Å². The number of hydrogen-bond acceptors (Lipinski definition) is 4. The van der Waals surface area contributed by atoms with Crippen LogP contribution in [-0.2, 0) is 0 Å². The molecule has 7 rings (SSSR count). The van der Waals surface area contributed by atoms with Crippen LogP contribution in [0.2, 0.25) is 0 Å². The third-order valence-electron chi connectivity index (χ3n) is 7.45. The first-order valence-corrected chi connectivity index (χ1v) is 13.5. The van der Waals surface area contributed by atoms with Crippen molar-refractivity contribution in [1.29, 1.82) is 5.26 Å². The third-order valence-corrected chi connectivity index (χ3v) is 7.45. The zero-order valence-electron chi connectivity index (χ0n) is 22.7. The van der Waals surface area contributed by atoms with E-state index in [0.717, 1.165) is 55.3 Å². The average Bonchev–Trinajstić information content (AvgIpc) is 3.34. The Kier molecular flexibility index (Phi) is 5.88. The molecule has 0 bridgehead atoms. The zero-order chi connectivity index (χ0) is 27.9. The minimum absolute atomic E-state index is 0.569. The van der Waals surface area contributed by atoms with Crippen LogP contribution in [-0.4, -0.2) is 19.5 Å². The van der Waals surface area contributed by atoms with Crippen molar-refractivity contribution in [3.05, 3.63) is 132 Å². The van der Waals surface area contributed by atoms with Crippen molar-refractivity contribution in [3.63, 3.8) is 0 Å². The van der Waals surface area contributed by atoms with Gasteiger partial charge in [-0.1, -0.05) is 84.9 Å². The maximum absolute atomic E-state index is 9.92. The monoisotopic (exact) mass is 527 g/mol. The van der Waals surface area contributed by atoms with Gasteiger partial charge in [-0.05, 0) is 66.4 Å². The average molecular weight is 528 g/mol. The predicted octanol–water partition coefficient (Wildman–Crippen LogP) is 8.46. The van der Waals surface area contributed by atoms with Gasteiger partial charge in [-0.25, -0.2) is 15.0 Å². The van der Waals surface area contributed by atoms with Gasteiger partial charge >= 0.3 is 0 Å². The van der Waals surface area contributed by atoms with E-state index in [1.807, 2.05) is 44.2 Å². The molecular formula is C36H25N5. The minimum atomic E-state index is 0.569. The molecule has 0 spiro atoms. The Balaban J connectivity index is 1.60. The topological polar surface area (TPSA) is 67.4 Å². The van der Waals surface area contributed by atoms with E-state index in [2.05, 4.69) is 101 Å². The van der Waals surface area contributed by atoms with Crippen molar-refractivity contribution in [2.75, 3.05) is 0 Å². The molecule has 0 radical (unpaired) electrons. The highest BCUT2D eigenvalue weighted by atomic mass is 15.0. The number of hydrogen-bond donors (Lipinski definition) is 0. The summed E-state index contributed by atoms with van der Waals surface area (Å²) in [5.74, 6) is 1.90. The van der Waals surface area contributed by atoms with Crippen molar-refractivity contribution >= 4 is 21.8 Å². The lowest BCUT2D eigenvalue weighted by Gasteiger charge is -2.15. The molecule has 0 fully saturated rings. The lowest BCUT2D eigenvalue weighted by molar-refractivity contribution is 0.926. The molecule has 0 aliphatic rings. The summed E-state index contributed by atoms with van der Waals surface area (Å²) in [6, 6.07) is 42.1. The summed E-state index contributed by atoms with van der Waals surface area (Å²) in [6.45, 7) is 3.75. The van der Waals surface area contributed by atoms with E-state index in [0.29, 0.717) is 23.0 Å². The molecule has 7 aromatic rings. The third kappa shape index (κ3) is 4.32. The highest BCUT2D eigenvalue weighted by Crippen LogP contribution is 2.39. The van der Waals surface area contributed by atoms with Crippen LogP contribution < -0.4 is 0 Å². The molecule has 0 saturated carbocycles. The van der Waals surface area contributed by atoms with Crippen LogP contribution in [0.25, 0.3) is 61.1 Å². The Morgan fingerprint density at radius 3 is 1.61 bits per heavy atom. The van der Waals surface area contributed by atoms with Gasteiger partial charge in [0.05, 0.1) is 28.4 Å². The van der Waals surface area contributed by atoms with E-state index in [4.69, 9.17) is 9.97 Å². The minimum Gasteiger partial charge on any atom is -0.308 e. The summed E-state index contributed by atoms with van der Waals surface area (Å²) >= 11 is 0. The second-order valence-electron chi connectivity index (χ2n) is 10.1. The quantitative estimate of drug-likeness (QED) is 0.230. The highest BCUT2D eigenvalue weighted by Gasteiger charge is 2.19. The zero-order valence-corrected chi connectivity index (χ0v) is 22.7. The maximum atomic E-state index is 9.92. The first kappa shape index (κ1) is 24.4. The van der Waals surface area contributed by atoms with E-state index in [1.54, 1.807) is 0 Å². The van der Waals surface area contributed by atoms with Gasteiger partial charge in [0.1, 0.15) is 11.6 Å². The molecule has 0 aliphatic carbocycles. The summed E-state index contributed by atoms with van der Waals surface area (Å²) in [6.07, 6.45) is 0. The lowest BCUT2D eigenvalue weighted by Crippen LogP contribution is -2.04. The first-order valence-electron chi connectivity index (χ1n) is 13.5. The summed E-state index contributed by atoms with van der Waals surface area (Å²) in [7, 11) is 0. The molecule has 0 saturated heterocycles. The smallest absolute Gasteiger partial charge is 0.165 e. The van der Waals surface area contributed by atoms with Crippen molar-refractivity contribution in [2.24, 2.45) is 0 Å². The Bertz CT molecular complexity index is 2000. The highest BCUT2D eigenvalue weighted by molar-refractivity contribution is 6.11. The largest absolute Gasteiger partial charge is 0.308 e. The number of rotatable bonds is 4. The standard InChI is InChI=1S/C36H25N5/c1-23-38-24(2)40-36(39-23)32-16-13-25(22-37)19-33(32)41-34-20-28(26-9-5-3-6-10-26)14-17-30(34)31-18-15-29(21-35(31)41)27-11-7-4-8-12-27/h3-21H,1-2H3. The number of aryl methyl sites for hydroxylation is 2. The number of nitrogens with zero attached hydrogens (tertiary/aromatic N) is 5. The van der Waals surface area contributed by atoms with Crippen LogP contribution in [0.5, 0.6) is 0 Å². The fraction of sp³-hybridized carbons (Fsp3) is 0.0556. The Morgan fingerprint density at radius 1 is 0.561 bits per heavy atom. The summed E-state index contributed by atoms with van der Waals surface area (Å²) < 4.78 is 2.26. The van der Waals surface area contributed by atoms with Crippen LogP contribution in [0, 0.1) is 25.2 Å². The van der Waals surface area contributed by atoms with Crippen molar-refractivity contribution in [2.45, 2.75) is 13.8 Å². The molecule has 0 atom stereocenters. The summed E-state index contributed by atoms with van der Waals surface area (Å²) in [5.41, 5.74) is 8.88. The first-order chi connectivity index (χ1) is 20.1. The van der Waals surface area contributed by atoms with Crippen LogP contribution >= 0.6 is 0 Å². The van der Waals surface area contributed by atoms with E-state index in [9.17, 15) is 5.26 Å². The number of benzene rings is 5. The van der Waals surface area contributed by atoms with Gasteiger partial charge in [0.15, 0.2) is 5.82 Å². The Morgan fingerprint density at radius 2 is 1.10 bits per heavy atom. The fourth-order valence-electron chi connectivity index (χ4n) is 5.61. The lowest BCUT2D eigenvalue weighted by atomic mass is 10.0. The number of nitriles is 1. The molecule has 0 aliphatic heterocycles. The van der Waals surface area contributed by atoms with E-state index in [-0.39, 0.29) is 0 Å². The van der Waals surface area contributed by atoms with Crippen molar-refractivity contribution in [1.82, 2.24) is 19.5 Å². The van der Waals surface area contributed by atoms with Gasteiger partial charge in [-0.15, -0.1) is 0 Å². The molecule has 41 heavy (non-hydrogen) atoms. The predicted molar refractivity (Wildman–Crippen MR) is 165 cm³/mol. The summed E-state index contributed by atoms with van der Waals surface area (Å²) in [5, 5.41) is 12.2. The second kappa shape index (κ2) is 9.86. The molecule has 5 heteroatoms. The van der Waals surface area contributed by atoms with Gasteiger partial charge in [0.25, 0.3) is 0 Å².